The molecular formula is C31H45N5O6S2. The number of nitrogens with one attached hydrogen (secondary N) is 3. The maximum absolute atomic E-state index is 13.4. The maximum atomic E-state index is 13.4. The largest absolute Gasteiger partial charge is 0.442 e. The van der Waals surface area contributed by atoms with E-state index in [2.05, 4.69) is 20.3 Å². The van der Waals surface area contributed by atoms with Crippen LogP contribution in [0.3, 0.4) is 0 Å². The fourth-order valence-electron chi connectivity index (χ4n) is 4.01. The highest BCUT2D eigenvalue weighted by Gasteiger charge is 2.31. The number of nitrogens with zero attached hydrogens (tertiary/aromatic N) is 1. The number of ether oxygens (including phenoxy) is 1. The van der Waals surface area contributed by atoms with Gasteiger partial charge in [0.2, 0.25) is 21.8 Å². The van der Waals surface area contributed by atoms with E-state index in [4.69, 9.17) is 10.5 Å². The van der Waals surface area contributed by atoms with Crippen molar-refractivity contribution in [1.29, 1.82) is 0 Å². The molecule has 0 unspecified atom stereocenters. The first-order valence-corrected chi connectivity index (χ1v) is 17.5. The zero-order chi connectivity index (χ0) is 32.9. The number of hydrogen-bond donors (Lipinski definition) is 4. The molecule has 13 heteroatoms. The molecule has 0 spiro atoms. The van der Waals surface area contributed by atoms with Gasteiger partial charge < -0.3 is 21.1 Å². The Morgan fingerprint density at radius 3 is 2.20 bits per heavy atom. The van der Waals surface area contributed by atoms with Crippen LogP contribution in [-0.4, -0.2) is 61.9 Å². The number of nitrogens with two attached hydrogens (primary N) is 1. The van der Waals surface area contributed by atoms with Gasteiger partial charge in [0.15, 0.2) is 0 Å². The molecule has 44 heavy (non-hydrogen) atoms. The minimum absolute atomic E-state index is 0.00457. The number of rotatable bonds is 15. The molecule has 0 saturated heterocycles. The van der Waals surface area contributed by atoms with E-state index in [1.165, 1.54) is 11.8 Å². The molecule has 2 aromatic carbocycles. The van der Waals surface area contributed by atoms with Crippen molar-refractivity contribution in [2.45, 2.75) is 77.4 Å². The molecule has 0 aliphatic carbocycles. The first kappa shape index (κ1) is 36.8. The Morgan fingerprint density at radius 2 is 1.64 bits per heavy atom. The lowest BCUT2D eigenvalue weighted by Crippen LogP contribution is -2.55. The smallest absolute Gasteiger partial charge is 0.436 e. The lowest BCUT2D eigenvalue weighted by molar-refractivity contribution is -0.130. The van der Waals surface area contributed by atoms with Crippen molar-refractivity contribution in [2.24, 2.45) is 16.6 Å². The van der Waals surface area contributed by atoms with Crippen LogP contribution in [-0.2, 0) is 36.6 Å². The van der Waals surface area contributed by atoms with Crippen LogP contribution in [0.5, 0.6) is 0 Å². The zero-order valence-corrected chi connectivity index (χ0v) is 27.9. The van der Waals surface area contributed by atoms with E-state index in [0.29, 0.717) is 29.7 Å². The SMILES string of the molecule is CC[C@@H](C)[C@@H](NS(=O)(=O)Cc1ccccc1)C(=O)N[C@@H](CCSC)C(=O)NCc1ccc(/C(N)=N\C(=O)OC(C)(C)C)cc1. The van der Waals surface area contributed by atoms with Crippen molar-refractivity contribution in [3.05, 3.63) is 71.3 Å². The second-order valence-corrected chi connectivity index (χ2v) is 14.2. The van der Waals surface area contributed by atoms with E-state index in [1.54, 1.807) is 82.3 Å². The van der Waals surface area contributed by atoms with Crippen LogP contribution in [0.4, 0.5) is 4.79 Å². The number of sulfonamides is 1. The quantitative estimate of drug-likeness (QED) is 0.168. The number of hydrogen-bond acceptors (Lipinski definition) is 7. The molecule has 0 heterocycles. The molecule has 0 radical (unpaired) electrons. The van der Waals surface area contributed by atoms with E-state index in [0.717, 1.165) is 5.56 Å². The number of thioether (sulfide) groups is 1. The molecule has 242 valence electrons. The molecule has 0 aliphatic heterocycles. The van der Waals surface area contributed by atoms with Gasteiger partial charge in [0.05, 0.1) is 5.75 Å². The number of carbonyl (C=O) groups excluding carboxylic acids is 3. The average molecular weight is 648 g/mol. The van der Waals surface area contributed by atoms with E-state index < -0.39 is 45.6 Å². The van der Waals surface area contributed by atoms with Crippen molar-refractivity contribution < 1.29 is 27.5 Å². The van der Waals surface area contributed by atoms with Crippen LogP contribution in [0, 0.1) is 5.92 Å². The Bertz CT molecular complexity index is 1380. The minimum atomic E-state index is -3.84. The molecule has 0 aliphatic rings. The summed E-state index contributed by atoms with van der Waals surface area (Å²) in [6, 6.07) is 13.6. The van der Waals surface area contributed by atoms with Gasteiger partial charge in [0.25, 0.3) is 0 Å². The molecule has 3 atom stereocenters. The molecule has 5 N–H and O–H groups in total. The highest BCUT2D eigenvalue weighted by molar-refractivity contribution is 7.98. The van der Waals surface area contributed by atoms with Crippen molar-refractivity contribution in [1.82, 2.24) is 15.4 Å². The van der Waals surface area contributed by atoms with E-state index in [-0.39, 0.29) is 24.1 Å². The summed E-state index contributed by atoms with van der Waals surface area (Å²) < 4.78 is 33.6. The minimum Gasteiger partial charge on any atom is -0.442 e. The highest BCUT2D eigenvalue weighted by Crippen LogP contribution is 2.14. The third-order valence-corrected chi connectivity index (χ3v) is 8.54. The predicted molar refractivity (Wildman–Crippen MR) is 176 cm³/mol. The van der Waals surface area contributed by atoms with Gasteiger partial charge >= 0.3 is 6.09 Å². The van der Waals surface area contributed by atoms with Crippen molar-refractivity contribution in [3.8, 4) is 0 Å². The van der Waals surface area contributed by atoms with E-state index in [9.17, 15) is 22.8 Å². The summed E-state index contributed by atoms with van der Waals surface area (Å²) in [5.41, 5.74) is 7.13. The number of amidine groups is 1. The standard InChI is InChI=1S/C31H45N5O6S2/c1-7-21(2)26(36-44(40,41)20-23-11-9-8-10-12-23)29(38)34-25(17-18-43-6)28(37)33-19-22-13-15-24(16-14-22)27(32)35-30(39)42-31(3,4)5/h8-16,21,25-26,36H,7,17-20H2,1-6H3,(H,33,37)(H,34,38)(H2,32,35,39)/t21-,25+,26-/m1/s1. The van der Waals surface area contributed by atoms with Crippen molar-refractivity contribution >= 4 is 45.5 Å². The second kappa shape index (κ2) is 17.2. The topological polar surface area (TPSA) is 169 Å². The van der Waals surface area contributed by atoms with Crippen molar-refractivity contribution in [3.63, 3.8) is 0 Å². The lowest BCUT2D eigenvalue weighted by atomic mass is 9.99. The first-order valence-electron chi connectivity index (χ1n) is 14.4. The summed E-state index contributed by atoms with van der Waals surface area (Å²) in [5, 5.41) is 5.63. The predicted octanol–water partition coefficient (Wildman–Crippen LogP) is 3.72. The molecule has 0 bridgehead atoms. The first-order chi connectivity index (χ1) is 20.6. The van der Waals surface area contributed by atoms with Gasteiger partial charge in [0, 0.05) is 12.1 Å². The molecule has 0 saturated carbocycles. The van der Waals surface area contributed by atoms with Gasteiger partial charge in [-0.15, -0.1) is 0 Å². The molecule has 2 aromatic rings. The highest BCUT2D eigenvalue weighted by atomic mass is 32.2. The fourth-order valence-corrected chi connectivity index (χ4v) is 5.92. The Labute approximate surface area is 265 Å². The molecule has 3 amide bonds. The fraction of sp³-hybridized carbons (Fsp3) is 0.484. The normalized spacial score (nSPS) is 14.3. The van der Waals surface area contributed by atoms with E-state index in [1.807, 2.05) is 13.2 Å². The zero-order valence-electron chi connectivity index (χ0n) is 26.3. The summed E-state index contributed by atoms with van der Waals surface area (Å²) >= 11 is 1.53. The second-order valence-electron chi connectivity index (χ2n) is 11.5. The van der Waals surface area contributed by atoms with Gasteiger partial charge in [-0.25, -0.2) is 17.9 Å². The summed E-state index contributed by atoms with van der Waals surface area (Å²) in [7, 11) is -3.84. The third-order valence-electron chi connectivity index (χ3n) is 6.57. The Kier molecular flexibility index (Phi) is 14.3. The van der Waals surface area contributed by atoms with Crippen LogP contribution in [0.1, 0.15) is 64.2 Å². The van der Waals surface area contributed by atoms with Crippen LogP contribution < -0.4 is 21.1 Å². The Morgan fingerprint density at radius 1 is 1.00 bits per heavy atom. The number of carbonyl (C=O) groups is 3. The maximum Gasteiger partial charge on any atom is 0.436 e. The molecule has 2 rings (SSSR count). The van der Waals surface area contributed by atoms with Crippen LogP contribution in [0.25, 0.3) is 0 Å². The number of aliphatic imine (C=N–C) groups is 1. The summed E-state index contributed by atoms with van der Waals surface area (Å²) in [6.07, 6.45) is 2.02. The van der Waals surface area contributed by atoms with Gasteiger partial charge in [-0.3, -0.25) is 9.59 Å². The van der Waals surface area contributed by atoms with Gasteiger partial charge in [-0.2, -0.15) is 16.8 Å². The average Bonchev–Trinajstić information content (AvgIpc) is 2.95. The molecule has 11 nitrogen and oxygen atoms in total. The van der Waals surface area contributed by atoms with Crippen LogP contribution >= 0.6 is 11.8 Å². The number of benzene rings is 2. The van der Waals surface area contributed by atoms with E-state index >= 15 is 0 Å². The Balaban J connectivity index is 2.08. The molecule has 0 fully saturated rings. The monoisotopic (exact) mass is 647 g/mol. The molecular weight excluding hydrogens is 603 g/mol. The summed E-state index contributed by atoms with van der Waals surface area (Å²) in [5.74, 6) is -0.905. The van der Waals surface area contributed by atoms with Crippen LogP contribution in [0.2, 0.25) is 0 Å². The number of amides is 3. The Hall–Kier alpha value is -3.42. The van der Waals surface area contributed by atoms with Gasteiger partial charge in [0.1, 0.15) is 23.5 Å². The molecule has 0 aromatic heterocycles. The van der Waals surface area contributed by atoms with Crippen molar-refractivity contribution in [2.75, 3.05) is 12.0 Å². The van der Waals surface area contributed by atoms with Crippen LogP contribution in [0.15, 0.2) is 59.6 Å². The summed E-state index contributed by atoms with van der Waals surface area (Å²) in [6.45, 7) is 9.03. The summed E-state index contributed by atoms with van der Waals surface area (Å²) in [4.78, 5) is 42.3. The lowest BCUT2D eigenvalue weighted by Gasteiger charge is -2.26. The third kappa shape index (κ3) is 13.1. The van der Waals surface area contributed by atoms with Gasteiger partial charge in [-0.1, -0.05) is 74.9 Å². The van der Waals surface area contributed by atoms with Gasteiger partial charge in [-0.05, 0) is 56.2 Å².